The highest BCUT2D eigenvalue weighted by molar-refractivity contribution is 6.30. The van der Waals surface area contributed by atoms with Crippen LogP contribution in [0, 0.1) is 11.3 Å². The Balaban J connectivity index is 1.52. The molecule has 5 N–H and O–H groups in total. The second-order valence-electron chi connectivity index (χ2n) is 11.6. The van der Waals surface area contributed by atoms with E-state index >= 15 is 0 Å². The highest BCUT2D eigenvalue weighted by atomic mass is 35.5. The molecule has 1 fully saturated rings. The lowest BCUT2D eigenvalue weighted by Gasteiger charge is -2.51. The van der Waals surface area contributed by atoms with Crippen molar-refractivity contribution in [3.63, 3.8) is 0 Å². The van der Waals surface area contributed by atoms with Crippen LogP contribution in [0.2, 0.25) is 5.02 Å². The van der Waals surface area contributed by atoms with Crippen LogP contribution in [0.1, 0.15) is 50.0 Å². The maximum Gasteiger partial charge on any atom is 0.316 e. The fourth-order valence-electron chi connectivity index (χ4n) is 5.51. The fraction of sp³-hybridized carbons (Fsp3) is 0.344. The number of hydrogen-bond acceptors (Lipinski definition) is 4. The highest BCUT2D eigenvalue weighted by Gasteiger charge is 2.50. The van der Waals surface area contributed by atoms with E-state index in [0.717, 1.165) is 5.56 Å². The van der Waals surface area contributed by atoms with Gasteiger partial charge in [0.05, 0.1) is 11.3 Å². The van der Waals surface area contributed by atoms with Gasteiger partial charge in [0, 0.05) is 34.7 Å². The molecular formula is C32H37ClN4O4. The molecule has 216 valence electrons. The molecule has 0 aliphatic carbocycles. The van der Waals surface area contributed by atoms with Crippen LogP contribution in [0.3, 0.4) is 0 Å². The summed E-state index contributed by atoms with van der Waals surface area (Å²) in [6.45, 7) is 8.35. The Kier molecular flexibility index (Phi) is 8.75. The number of anilines is 1. The third-order valence-electron chi connectivity index (χ3n) is 7.92. The largest absolute Gasteiger partial charge is 0.384 e. The van der Waals surface area contributed by atoms with E-state index in [0.29, 0.717) is 46.9 Å². The second kappa shape index (κ2) is 11.9. The zero-order valence-electron chi connectivity index (χ0n) is 23.8. The molecule has 41 heavy (non-hydrogen) atoms. The van der Waals surface area contributed by atoms with Crippen LogP contribution < -0.4 is 16.4 Å². The number of carbonyl (C=O) groups excluding carboxylic acids is 3. The van der Waals surface area contributed by atoms with Crippen molar-refractivity contribution in [1.82, 2.24) is 10.2 Å². The van der Waals surface area contributed by atoms with Crippen molar-refractivity contribution < 1.29 is 19.5 Å². The Morgan fingerprint density at radius 3 is 2.32 bits per heavy atom. The molecule has 0 radical (unpaired) electrons. The molecule has 2 atom stereocenters. The number of benzene rings is 3. The molecule has 8 nitrogen and oxygen atoms in total. The standard InChI is InChI=1S/C32H37ClN4O4/c1-20(2)27(29(39)37-17-16-32(41,31(3,4)19-37)23-12-14-24(33)15-13-23)36-28(38)22-9-7-8-21(18-22)25-10-5-6-11-26(25)35-30(34)40/h5-15,18,20,27,41H,16-17,19H2,1-4H3,(H,36,38)(H3,34,35,40)/t27-,32+/m1/s1. The highest BCUT2D eigenvalue weighted by Crippen LogP contribution is 2.46. The van der Waals surface area contributed by atoms with Gasteiger partial charge in [-0.25, -0.2) is 4.79 Å². The molecule has 0 aromatic heterocycles. The van der Waals surface area contributed by atoms with Crippen LogP contribution in [0.5, 0.6) is 0 Å². The van der Waals surface area contributed by atoms with E-state index < -0.39 is 23.1 Å². The molecule has 0 spiro atoms. The molecule has 3 aromatic carbocycles. The second-order valence-corrected chi connectivity index (χ2v) is 12.0. The Hall–Kier alpha value is -3.88. The molecule has 0 unspecified atom stereocenters. The molecule has 0 saturated carbocycles. The van der Waals surface area contributed by atoms with Gasteiger partial charge in [-0.1, -0.05) is 81.8 Å². The molecule has 9 heteroatoms. The van der Waals surface area contributed by atoms with Gasteiger partial charge >= 0.3 is 6.03 Å². The van der Waals surface area contributed by atoms with Crippen LogP contribution in [0.25, 0.3) is 11.1 Å². The van der Waals surface area contributed by atoms with Gasteiger partial charge < -0.3 is 26.4 Å². The van der Waals surface area contributed by atoms with Crippen LogP contribution in [-0.4, -0.2) is 47.0 Å². The SMILES string of the molecule is CC(C)[C@@H](NC(=O)c1cccc(-c2ccccc2NC(N)=O)c1)C(=O)N1CC[C@](O)(c2ccc(Cl)cc2)C(C)(C)C1. The van der Waals surface area contributed by atoms with Gasteiger partial charge in [-0.05, 0) is 53.8 Å². The number of nitrogens with two attached hydrogens (primary N) is 1. The predicted molar refractivity (Wildman–Crippen MR) is 162 cm³/mol. The molecule has 1 aliphatic heterocycles. The van der Waals surface area contributed by atoms with Crippen molar-refractivity contribution in [2.75, 3.05) is 18.4 Å². The van der Waals surface area contributed by atoms with Gasteiger partial charge in [0.1, 0.15) is 6.04 Å². The number of rotatable bonds is 7. The van der Waals surface area contributed by atoms with E-state index in [9.17, 15) is 19.5 Å². The third-order valence-corrected chi connectivity index (χ3v) is 8.17. The summed E-state index contributed by atoms with van der Waals surface area (Å²) in [7, 11) is 0. The van der Waals surface area contributed by atoms with Crippen molar-refractivity contribution >= 4 is 35.1 Å². The Morgan fingerprint density at radius 2 is 1.68 bits per heavy atom. The average molecular weight is 577 g/mol. The summed E-state index contributed by atoms with van der Waals surface area (Å²) in [5, 5.41) is 17.9. The number of carbonyl (C=O) groups is 3. The van der Waals surface area contributed by atoms with Crippen molar-refractivity contribution in [2.45, 2.75) is 45.8 Å². The minimum absolute atomic E-state index is 0.171. The number of para-hydroxylation sites is 1. The maximum absolute atomic E-state index is 13.8. The van der Waals surface area contributed by atoms with E-state index in [4.69, 9.17) is 17.3 Å². The number of piperidine rings is 1. The van der Waals surface area contributed by atoms with Gasteiger partial charge in [0.2, 0.25) is 5.91 Å². The summed E-state index contributed by atoms with van der Waals surface area (Å²) in [5.41, 5.74) is 6.63. The monoisotopic (exact) mass is 576 g/mol. The summed E-state index contributed by atoms with van der Waals surface area (Å²) in [4.78, 5) is 40.4. The normalized spacial score (nSPS) is 19.0. The predicted octanol–water partition coefficient (Wildman–Crippen LogP) is 5.40. The van der Waals surface area contributed by atoms with Gasteiger partial charge in [0.25, 0.3) is 5.91 Å². The van der Waals surface area contributed by atoms with E-state index in [1.807, 2.05) is 58.0 Å². The third kappa shape index (κ3) is 6.39. The smallest absolute Gasteiger partial charge is 0.316 e. The fourth-order valence-corrected chi connectivity index (χ4v) is 5.64. The zero-order valence-corrected chi connectivity index (χ0v) is 24.5. The summed E-state index contributed by atoms with van der Waals surface area (Å²) < 4.78 is 0. The number of amides is 4. The topological polar surface area (TPSA) is 125 Å². The lowest BCUT2D eigenvalue weighted by Crippen LogP contribution is -2.60. The lowest BCUT2D eigenvalue weighted by molar-refractivity contribution is -0.155. The number of primary amides is 1. The van der Waals surface area contributed by atoms with Gasteiger partial charge in [-0.3, -0.25) is 9.59 Å². The minimum atomic E-state index is -1.13. The van der Waals surface area contributed by atoms with Crippen LogP contribution >= 0.6 is 11.6 Å². The van der Waals surface area contributed by atoms with E-state index in [-0.39, 0.29) is 17.7 Å². The van der Waals surface area contributed by atoms with Crippen LogP contribution in [0.15, 0.2) is 72.8 Å². The Labute approximate surface area is 245 Å². The number of hydrogen-bond donors (Lipinski definition) is 4. The quantitative estimate of drug-likeness (QED) is 0.300. The molecule has 1 heterocycles. The first-order valence-corrected chi connectivity index (χ1v) is 14.0. The summed E-state index contributed by atoms with van der Waals surface area (Å²) in [6.07, 6.45) is 0.354. The zero-order chi connectivity index (χ0) is 29.9. The maximum atomic E-state index is 13.8. The van der Waals surface area contributed by atoms with Crippen molar-refractivity contribution in [3.8, 4) is 11.1 Å². The van der Waals surface area contributed by atoms with Crippen molar-refractivity contribution in [3.05, 3.63) is 88.9 Å². The molecule has 1 saturated heterocycles. The first-order chi connectivity index (χ1) is 19.3. The first-order valence-electron chi connectivity index (χ1n) is 13.7. The van der Waals surface area contributed by atoms with E-state index in [2.05, 4.69) is 10.6 Å². The first kappa shape index (κ1) is 30.1. The number of likely N-dealkylation sites (tertiary alicyclic amines) is 1. The number of nitrogens with one attached hydrogen (secondary N) is 2. The molecule has 4 rings (SSSR count). The Morgan fingerprint density at radius 1 is 1.00 bits per heavy atom. The molecule has 0 bridgehead atoms. The lowest BCUT2D eigenvalue weighted by atomic mass is 9.66. The number of halogens is 1. The average Bonchev–Trinajstić information content (AvgIpc) is 2.93. The Bertz CT molecular complexity index is 1440. The van der Waals surface area contributed by atoms with Gasteiger partial charge in [-0.2, -0.15) is 0 Å². The molecular weight excluding hydrogens is 540 g/mol. The number of nitrogens with zero attached hydrogens (tertiary/aromatic N) is 1. The summed E-state index contributed by atoms with van der Waals surface area (Å²) in [6, 6.07) is 19.9. The van der Waals surface area contributed by atoms with Crippen molar-refractivity contribution in [1.29, 1.82) is 0 Å². The van der Waals surface area contributed by atoms with Crippen molar-refractivity contribution in [2.24, 2.45) is 17.1 Å². The molecule has 3 aromatic rings. The molecule has 1 aliphatic rings. The van der Waals surface area contributed by atoms with E-state index in [1.54, 1.807) is 47.4 Å². The van der Waals surface area contributed by atoms with Gasteiger partial charge in [-0.15, -0.1) is 0 Å². The van der Waals surface area contributed by atoms with Crippen LogP contribution in [-0.2, 0) is 10.4 Å². The van der Waals surface area contributed by atoms with E-state index in [1.165, 1.54) is 0 Å². The minimum Gasteiger partial charge on any atom is -0.384 e. The van der Waals surface area contributed by atoms with Gasteiger partial charge in [0.15, 0.2) is 0 Å². The summed E-state index contributed by atoms with van der Waals surface area (Å²) >= 11 is 6.06. The number of urea groups is 1. The summed E-state index contributed by atoms with van der Waals surface area (Å²) in [5.74, 6) is -0.741. The molecule has 4 amide bonds. The van der Waals surface area contributed by atoms with Crippen LogP contribution in [0.4, 0.5) is 10.5 Å². The number of aliphatic hydroxyl groups is 1.